The predicted molar refractivity (Wildman–Crippen MR) is 80.0 cm³/mol. The van der Waals surface area contributed by atoms with Crippen molar-refractivity contribution in [2.75, 3.05) is 19.6 Å². The van der Waals surface area contributed by atoms with Crippen molar-refractivity contribution in [3.8, 4) is 0 Å². The van der Waals surface area contributed by atoms with Crippen molar-refractivity contribution in [1.82, 2.24) is 15.2 Å². The summed E-state index contributed by atoms with van der Waals surface area (Å²) >= 11 is 1.65. The predicted octanol–water partition coefficient (Wildman–Crippen LogP) is 2.12. The summed E-state index contributed by atoms with van der Waals surface area (Å²) in [6.07, 6.45) is 2.42. The van der Waals surface area contributed by atoms with Gasteiger partial charge in [-0.05, 0) is 55.4 Å². The maximum absolute atomic E-state index is 12.4. The first kappa shape index (κ1) is 12.3. The summed E-state index contributed by atoms with van der Waals surface area (Å²) in [6.45, 7) is 3.38. The van der Waals surface area contributed by atoms with Crippen LogP contribution in [-0.2, 0) is 0 Å². The Morgan fingerprint density at radius 1 is 1.30 bits per heavy atom. The second-order valence-corrected chi connectivity index (χ2v) is 6.67. The number of rotatable bonds is 2. The van der Waals surface area contributed by atoms with Crippen molar-refractivity contribution < 1.29 is 4.79 Å². The van der Waals surface area contributed by atoms with Gasteiger partial charge >= 0.3 is 0 Å². The minimum atomic E-state index is -0.0307. The zero-order valence-corrected chi connectivity index (χ0v) is 12.0. The van der Waals surface area contributed by atoms with Gasteiger partial charge in [0, 0.05) is 12.6 Å². The van der Waals surface area contributed by atoms with Gasteiger partial charge in [0.2, 0.25) is 0 Å². The topological polar surface area (TPSA) is 45.2 Å². The van der Waals surface area contributed by atoms with Crippen LogP contribution in [0.1, 0.15) is 23.3 Å². The van der Waals surface area contributed by atoms with Gasteiger partial charge in [-0.2, -0.15) is 0 Å². The Morgan fingerprint density at radius 3 is 2.90 bits per heavy atom. The largest absolute Gasteiger partial charge is 0.346 e. The maximum atomic E-state index is 12.4. The Morgan fingerprint density at radius 2 is 2.15 bits per heavy atom. The van der Waals surface area contributed by atoms with Gasteiger partial charge in [0.05, 0.1) is 10.2 Å². The molecule has 2 bridgehead atoms. The number of hydrogen-bond acceptors (Lipinski definition) is 4. The van der Waals surface area contributed by atoms with E-state index < -0.39 is 0 Å². The number of pyridine rings is 1. The summed E-state index contributed by atoms with van der Waals surface area (Å²) in [5.74, 6) is 0.616. The fraction of sp³-hybridized carbons (Fsp3) is 0.467. The van der Waals surface area contributed by atoms with Crippen LogP contribution in [0, 0.1) is 5.92 Å². The number of hydrogen-bond donors (Lipinski definition) is 1. The number of piperidine rings is 3. The Balaban J connectivity index is 1.52. The molecular weight excluding hydrogens is 270 g/mol. The number of nitrogens with one attached hydrogen (secondary N) is 1. The second-order valence-electron chi connectivity index (χ2n) is 5.72. The number of fused-ring (bicyclic) bond motifs is 4. The average Bonchev–Trinajstić information content (AvgIpc) is 2.96. The van der Waals surface area contributed by atoms with E-state index in [1.165, 1.54) is 25.9 Å². The Bertz CT molecular complexity index is 645. The SMILES string of the molecule is O=C(N[C@@H]1CN2CCC1CC2)c1ccc2sccc2n1. The molecule has 0 spiro atoms. The molecule has 1 N–H and O–H groups in total. The third-order valence-electron chi connectivity index (χ3n) is 4.51. The molecule has 3 aliphatic rings. The molecule has 3 aliphatic heterocycles. The first-order valence-corrected chi connectivity index (χ1v) is 8.05. The van der Waals surface area contributed by atoms with Crippen molar-refractivity contribution in [2.24, 2.45) is 5.92 Å². The van der Waals surface area contributed by atoms with Crippen LogP contribution in [0.2, 0.25) is 0 Å². The zero-order chi connectivity index (χ0) is 13.5. The minimum Gasteiger partial charge on any atom is -0.346 e. The summed E-state index contributed by atoms with van der Waals surface area (Å²) in [7, 11) is 0. The van der Waals surface area contributed by atoms with E-state index in [1.54, 1.807) is 11.3 Å². The molecule has 20 heavy (non-hydrogen) atoms. The lowest BCUT2D eigenvalue weighted by molar-refractivity contribution is 0.0618. The summed E-state index contributed by atoms with van der Waals surface area (Å²) in [6, 6.07) is 6.07. The zero-order valence-electron chi connectivity index (χ0n) is 11.2. The highest BCUT2D eigenvalue weighted by atomic mass is 32.1. The van der Waals surface area contributed by atoms with Gasteiger partial charge in [-0.1, -0.05) is 0 Å². The lowest BCUT2D eigenvalue weighted by Crippen LogP contribution is -2.57. The Labute approximate surface area is 121 Å². The molecule has 0 unspecified atom stereocenters. The molecule has 5 heterocycles. The molecule has 104 valence electrons. The second kappa shape index (κ2) is 4.82. The summed E-state index contributed by atoms with van der Waals surface area (Å²) < 4.78 is 1.13. The number of carbonyl (C=O) groups excluding carboxylic acids is 1. The van der Waals surface area contributed by atoms with Crippen LogP contribution in [0.3, 0.4) is 0 Å². The van der Waals surface area contributed by atoms with Crippen molar-refractivity contribution in [1.29, 1.82) is 0 Å². The molecule has 0 aromatic carbocycles. The molecule has 1 amide bonds. The lowest BCUT2D eigenvalue weighted by atomic mass is 9.84. The van der Waals surface area contributed by atoms with Crippen LogP contribution in [0.15, 0.2) is 23.6 Å². The molecule has 0 radical (unpaired) electrons. The molecule has 1 atom stereocenters. The number of nitrogens with zero attached hydrogens (tertiary/aromatic N) is 2. The van der Waals surface area contributed by atoms with E-state index in [4.69, 9.17) is 0 Å². The van der Waals surface area contributed by atoms with Crippen LogP contribution in [0.4, 0.5) is 0 Å². The van der Waals surface area contributed by atoms with E-state index in [-0.39, 0.29) is 5.91 Å². The molecule has 5 rings (SSSR count). The number of thiophene rings is 1. The van der Waals surface area contributed by atoms with Gasteiger partial charge in [0.15, 0.2) is 0 Å². The summed E-state index contributed by atoms with van der Waals surface area (Å²) in [5.41, 5.74) is 1.45. The van der Waals surface area contributed by atoms with Crippen LogP contribution in [0.25, 0.3) is 10.2 Å². The Kier molecular flexibility index (Phi) is 2.97. The van der Waals surface area contributed by atoms with Crippen molar-refractivity contribution in [3.63, 3.8) is 0 Å². The molecule has 2 aromatic rings. The van der Waals surface area contributed by atoms with Crippen LogP contribution in [-0.4, -0.2) is 41.5 Å². The fourth-order valence-corrected chi connectivity index (χ4v) is 4.07. The van der Waals surface area contributed by atoms with E-state index in [0.717, 1.165) is 16.8 Å². The number of amides is 1. The van der Waals surface area contributed by atoms with E-state index in [9.17, 15) is 4.79 Å². The third-order valence-corrected chi connectivity index (χ3v) is 5.38. The third kappa shape index (κ3) is 2.11. The van der Waals surface area contributed by atoms with Gasteiger partial charge in [-0.25, -0.2) is 4.98 Å². The van der Waals surface area contributed by atoms with Crippen LogP contribution >= 0.6 is 11.3 Å². The molecular formula is C15H17N3OS. The van der Waals surface area contributed by atoms with E-state index in [2.05, 4.69) is 15.2 Å². The lowest BCUT2D eigenvalue weighted by Gasteiger charge is -2.44. The highest BCUT2D eigenvalue weighted by Gasteiger charge is 2.35. The summed E-state index contributed by atoms with van der Waals surface area (Å²) in [4.78, 5) is 19.3. The molecule has 0 aliphatic carbocycles. The highest BCUT2D eigenvalue weighted by molar-refractivity contribution is 7.17. The number of carbonyl (C=O) groups is 1. The van der Waals surface area contributed by atoms with E-state index in [0.29, 0.717) is 17.7 Å². The van der Waals surface area contributed by atoms with Crippen LogP contribution in [0.5, 0.6) is 0 Å². The average molecular weight is 287 g/mol. The molecule has 0 saturated carbocycles. The monoisotopic (exact) mass is 287 g/mol. The first-order chi connectivity index (χ1) is 9.79. The molecule has 3 saturated heterocycles. The highest BCUT2D eigenvalue weighted by Crippen LogP contribution is 2.27. The van der Waals surface area contributed by atoms with E-state index >= 15 is 0 Å². The quantitative estimate of drug-likeness (QED) is 0.920. The van der Waals surface area contributed by atoms with Gasteiger partial charge in [-0.15, -0.1) is 11.3 Å². The molecule has 3 fully saturated rings. The number of aromatic nitrogens is 1. The standard InChI is InChI=1S/C15H17N3OS/c19-15(12-1-2-14-11(16-12)5-8-20-14)17-13-9-18-6-3-10(13)4-7-18/h1-2,5,8,10,13H,3-4,6-7,9H2,(H,17,19)/t13-/m1/s1. The van der Waals surface area contributed by atoms with Crippen molar-refractivity contribution >= 4 is 27.5 Å². The first-order valence-electron chi connectivity index (χ1n) is 7.17. The smallest absolute Gasteiger partial charge is 0.270 e. The Hall–Kier alpha value is -1.46. The fourth-order valence-electron chi connectivity index (χ4n) is 3.35. The molecule has 5 heteroatoms. The van der Waals surface area contributed by atoms with Gasteiger partial charge in [0.25, 0.3) is 5.91 Å². The van der Waals surface area contributed by atoms with Gasteiger partial charge in [0.1, 0.15) is 5.69 Å². The van der Waals surface area contributed by atoms with Crippen molar-refractivity contribution in [3.05, 3.63) is 29.3 Å². The van der Waals surface area contributed by atoms with Gasteiger partial charge in [-0.3, -0.25) is 4.79 Å². The van der Waals surface area contributed by atoms with Crippen molar-refractivity contribution in [2.45, 2.75) is 18.9 Å². The maximum Gasteiger partial charge on any atom is 0.270 e. The van der Waals surface area contributed by atoms with Gasteiger partial charge < -0.3 is 10.2 Å². The summed E-state index contributed by atoms with van der Waals surface area (Å²) in [5, 5.41) is 5.19. The molecule has 2 aromatic heterocycles. The minimum absolute atomic E-state index is 0.0307. The van der Waals surface area contributed by atoms with E-state index in [1.807, 2.05) is 23.6 Å². The van der Waals surface area contributed by atoms with Crippen LogP contribution < -0.4 is 5.32 Å². The molecule has 4 nitrogen and oxygen atoms in total. The normalized spacial score (nSPS) is 28.7.